The third-order valence-electron chi connectivity index (χ3n) is 8.94. The van der Waals surface area contributed by atoms with E-state index >= 15 is 0 Å². The number of hydrogen-bond acceptors (Lipinski definition) is 6. The van der Waals surface area contributed by atoms with Crippen LogP contribution in [0, 0.1) is 0 Å². The van der Waals surface area contributed by atoms with Gasteiger partial charge in [0.05, 0.1) is 17.1 Å². The fourth-order valence-corrected chi connectivity index (χ4v) is 6.67. The Kier molecular flexibility index (Phi) is 7.76. The lowest BCUT2D eigenvalue weighted by Gasteiger charge is -2.37. The molecule has 12 heteroatoms. The number of benzene rings is 3. The molecule has 0 bridgehead atoms. The molecule has 0 saturated carbocycles. The molecule has 1 aromatic heterocycles. The van der Waals surface area contributed by atoms with Crippen molar-refractivity contribution in [3.05, 3.63) is 95.7 Å². The van der Waals surface area contributed by atoms with Crippen molar-refractivity contribution in [3.63, 3.8) is 0 Å². The Morgan fingerprint density at radius 2 is 1.66 bits per heavy atom. The highest BCUT2D eigenvalue weighted by Gasteiger charge is 2.40. The van der Waals surface area contributed by atoms with Crippen LogP contribution in [0.4, 0.5) is 11.4 Å². The number of carbonyl (C=O) groups is 5. The molecule has 0 aliphatic carbocycles. The summed E-state index contributed by atoms with van der Waals surface area (Å²) >= 11 is 0. The highest BCUT2D eigenvalue weighted by Crippen LogP contribution is 2.40. The first-order valence-corrected chi connectivity index (χ1v) is 15.6. The third kappa shape index (κ3) is 5.51. The van der Waals surface area contributed by atoms with E-state index in [1.807, 2.05) is 60.7 Å². The minimum atomic E-state index is -1.24. The standard InChI is InChI=1S/C35H32N6O6/c42-28(39-17-7-14-27(39)35(46)47)15-16-29(43)40-18-19-41-31-23(11-6-13-26(31)40)30(21-8-2-1-3-9-21)37-32(34(41)45)38-33(44)25-20-22-10-4-5-12-24(22)36-25/h1-6,8-13,20,27,32,36H,7,14-19H2,(H,38,44)(H,46,47). The van der Waals surface area contributed by atoms with Crippen LogP contribution in [-0.4, -0.2) is 82.1 Å². The summed E-state index contributed by atoms with van der Waals surface area (Å²) in [5.74, 6) is -2.64. The fraction of sp³-hybridized carbons (Fsp3) is 0.257. The summed E-state index contributed by atoms with van der Waals surface area (Å²) in [6, 6.07) is 23.1. The largest absolute Gasteiger partial charge is 0.480 e. The molecule has 3 N–H and O–H groups in total. The number of carbonyl (C=O) groups excluding carboxylic acids is 4. The number of nitrogens with one attached hydrogen (secondary N) is 2. The predicted octanol–water partition coefficient (Wildman–Crippen LogP) is 3.31. The zero-order valence-corrected chi connectivity index (χ0v) is 25.4. The van der Waals surface area contributed by atoms with E-state index in [1.165, 1.54) is 4.90 Å². The summed E-state index contributed by atoms with van der Waals surface area (Å²) in [6.07, 6.45) is -0.461. The minimum absolute atomic E-state index is 0.109. The molecule has 4 amide bonds. The molecule has 1 fully saturated rings. The molecule has 238 valence electrons. The van der Waals surface area contributed by atoms with Gasteiger partial charge in [-0.1, -0.05) is 60.7 Å². The van der Waals surface area contributed by atoms with Crippen LogP contribution in [0.2, 0.25) is 0 Å². The number of carboxylic acid groups (broad SMARTS) is 1. The van der Waals surface area contributed by atoms with Gasteiger partial charge in [-0.15, -0.1) is 0 Å². The number of hydrogen-bond donors (Lipinski definition) is 3. The molecule has 7 rings (SSSR count). The molecule has 3 aliphatic rings. The molecule has 2 atom stereocenters. The van der Waals surface area contributed by atoms with Crippen LogP contribution in [0.1, 0.15) is 47.3 Å². The number of likely N-dealkylation sites (tertiary alicyclic amines) is 1. The van der Waals surface area contributed by atoms with Gasteiger partial charge in [-0.2, -0.15) is 0 Å². The Hall–Kier alpha value is -5.78. The van der Waals surface area contributed by atoms with Crippen LogP contribution in [0.25, 0.3) is 10.9 Å². The second-order valence-electron chi connectivity index (χ2n) is 11.8. The lowest BCUT2D eigenvalue weighted by Crippen LogP contribution is -2.52. The lowest BCUT2D eigenvalue weighted by atomic mass is 9.97. The molecule has 1 saturated heterocycles. The van der Waals surface area contributed by atoms with E-state index in [0.717, 1.165) is 16.5 Å². The zero-order valence-electron chi connectivity index (χ0n) is 25.4. The predicted molar refractivity (Wildman–Crippen MR) is 174 cm³/mol. The number of rotatable bonds is 7. The third-order valence-corrected chi connectivity index (χ3v) is 8.94. The van der Waals surface area contributed by atoms with Gasteiger partial charge in [0.15, 0.2) is 0 Å². The Morgan fingerprint density at radius 1 is 0.894 bits per heavy atom. The quantitative estimate of drug-likeness (QED) is 0.284. The van der Waals surface area contributed by atoms with Crippen LogP contribution in [0.3, 0.4) is 0 Å². The smallest absolute Gasteiger partial charge is 0.326 e. The number of para-hydroxylation sites is 2. The van der Waals surface area contributed by atoms with Gasteiger partial charge in [0.2, 0.25) is 18.0 Å². The lowest BCUT2D eigenvalue weighted by molar-refractivity contribution is -0.148. The van der Waals surface area contributed by atoms with Crippen molar-refractivity contribution >= 4 is 57.6 Å². The molecule has 0 spiro atoms. The number of aliphatic imine (C=N–C) groups is 1. The Balaban J connectivity index is 1.19. The number of anilines is 2. The second-order valence-corrected chi connectivity index (χ2v) is 11.8. The Bertz CT molecular complexity index is 1920. The van der Waals surface area contributed by atoms with Crippen molar-refractivity contribution in [2.45, 2.75) is 37.9 Å². The number of fused-ring (bicyclic) bond motifs is 1. The second kappa shape index (κ2) is 12.2. The highest BCUT2D eigenvalue weighted by molar-refractivity contribution is 6.23. The summed E-state index contributed by atoms with van der Waals surface area (Å²) in [5, 5.41) is 13.2. The number of aromatic nitrogens is 1. The van der Waals surface area contributed by atoms with Crippen LogP contribution in [0.5, 0.6) is 0 Å². The van der Waals surface area contributed by atoms with Crippen LogP contribution >= 0.6 is 0 Å². The zero-order chi connectivity index (χ0) is 32.7. The van der Waals surface area contributed by atoms with Gasteiger partial charge in [-0.25, -0.2) is 9.79 Å². The average molecular weight is 633 g/mol. The van der Waals surface area contributed by atoms with Crippen molar-refractivity contribution in [3.8, 4) is 0 Å². The number of nitrogens with zero attached hydrogens (tertiary/aromatic N) is 4. The van der Waals surface area contributed by atoms with Crippen LogP contribution < -0.4 is 15.1 Å². The first-order valence-electron chi connectivity index (χ1n) is 15.6. The van der Waals surface area contributed by atoms with Crippen molar-refractivity contribution in [2.24, 2.45) is 4.99 Å². The summed E-state index contributed by atoms with van der Waals surface area (Å²) in [7, 11) is 0. The maximum absolute atomic E-state index is 14.2. The molecule has 0 radical (unpaired) electrons. The highest BCUT2D eigenvalue weighted by atomic mass is 16.4. The van der Waals surface area contributed by atoms with Gasteiger partial charge in [0.1, 0.15) is 11.7 Å². The number of carboxylic acids is 1. The van der Waals surface area contributed by atoms with Crippen molar-refractivity contribution < 1.29 is 29.1 Å². The molecule has 2 unspecified atom stereocenters. The number of H-pyrrole nitrogens is 1. The molecular formula is C35H32N6O6. The minimum Gasteiger partial charge on any atom is -0.480 e. The number of amides is 4. The fourth-order valence-electron chi connectivity index (χ4n) is 6.67. The first-order chi connectivity index (χ1) is 22.8. The van der Waals surface area contributed by atoms with Gasteiger partial charge in [0, 0.05) is 54.5 Å². The average Bonchev–Trinajstić information content (AvgIpc) is 3.74. The van der Waals surface area contributed by atoms with E-state index in [0.29, 0.717) is 47.7 Å². The van der Waals surface area contributed by atoms with Gasteiger partial charge >= 0.3 is 5.97 Å². The van der Waals surface area contributed by atoms with Crippen molar-refractivity contribution in [1.29, 1.82) is 0 Å². The van der Waals surface area contributed by atoms with Crippen LogP contribution in [0.15, 0.2) is 83.9 Å². The molecule has 3 aliphatic heterocycles. The Labute approximate surface area is 269 Å². The summed E-state index contributed by atoms with van der Waals surface area (Å²) in [5.41, 5.74) is 3.92. The van der Waals surface area contributed by atoms with Gasteiger partial charge < -0.3 is 30.1 Å². The van der Waals surface area contributed by atoms with Crippen molar-refractivity contribution in [1.82, 2.24) is 15.2 Å². The van der Waals surface area contributed by atoms with E-state index in [9.17, 15) is 29.1 Å². The molecule has 4 heterocycles. The summed E-state index contributed by atoms with van der Waals surface area (Å²) in [6.45, 7) is 0.669. The molecule has 12 nitrogen and oxygen atoms in total. The monoisotopic (exact) mass is 632 g/mol. The summed E-state index contributed by atoms with van der Waals surface area (Å²) < 4.78 is 0. The SMILES string of the molecule is O=C(NC1N=C(c2ccccc2)c2cccc3c2N(CCN3C(=O)CCC(=O)N2CCCC2C(=O)O)C1=O)c1cc2ccccc2[nH]1. The van der Waals surface area contributed by atoms with Gasteiger partial charge in [-0.05, 0) is 31.0 Å². The number of aliphatic carboxylic acids is 1. The molecule has 3 aromatic carbocycles. The van der Waals surface area contributed by atoms with E-state index in [-0.39, 0.29) is 37.7 Å². The maximum Gasteiger partial charge on any atom is 0.326 e. The molecular weight excluding hydrogens is 600 g/mol. The van der Waals surface area contributed by atoms with Gasteiger partial charge in [-0.3, -0.25) is 19.2 Å². The van der Waals surface area contributed by atoms with Crippen LogP contribution in [-0.2, 0) is 19.2 Å². The van der Waals surface area contributed by atoms with E-state index < -0.39 is 30.0 Å². The Morgan fingerprint density at radius 3 is 2.45 bits per heavy atom. The van der Waals surface area contributed by atoms with Gasteiger partial charge in [0.25, 0.3) is 11.8 Å². The maximum atomic E-state index is 14.2. The molecule has 4 aromatic rings. The van der Waals surface area contributed by atoms with E-state index in [2.05, 4.69) is 10.3 Å². The normalized spacial score (nSPS) is 18.9. The van der Waals surface area contributed by atoms with E-state index in [1.54, 1.807) is 28.0 Å². The summed E-state index contributed by atoms with van der Waals surface area (Å²) in [4.78, 5) is 78.1. The van der Waals surface area contributed by atoms with Crippen molar-refractivity contribution in [2.75, 3.05) is 29.4 Å². The van der Waals surface area contributed by atoms with E-state index in [4.69, 9.17) is 4.99 Å². The molecule has 47 heavy (non-hydrogen) atoms. The topological polar surface area (TPSA) is 155 Å². The number of aromatic amines is 1. The first kappa shape index (κ1) is 29.9.